The fourth-order valence-corrected chi connectivity index (χ4v) is 4.91. The highest BCUT2D eigenvalue weighted by atomic mass is 79.9. The Hall–Kier alpha value is -1.91. The molecule has 0 saturated carbocycles. The van der Waals surface area contributed by atoms with E-state index in [4.69, 9.17) is 0 Å². The average molecular weight is 477 g/mol. The van der Waals surface area contributed by atoms with Crippen molar-refractivity contribution in [3.05, 3.63) is 64.1 Å². The van der Waals surface area contributed by atoms with Crippen LogP contribution in [0.2, 0.25) is 0 Å². The Balaban J connectivity index is 1.67. The van der Waals surface area contributed by atoms with Gasteiger partial charge in [-0.2, -0.15) is 17.5 Å². The number of amides is 1. The molecule has 0 aliphatic carbocycles. The van der Waals surface area contributed by atoms with Gasteiger partial charge in [-0.1, -0.05) is 22.0 Å². The fraction of sp³-hybridized carbons (Fsp3) is 0.278. The largest absolute Gasteiger partial charge is 0.416 e. The normalized spacial score (nSPS) is 16.2. The summed E-state index contributed by atoms with van der Waals surface area (Å²) in [5, 5.41) is 0. The maximum absolute atomic E-state index is 12.7. The van der Waals surface area contributed by atoms with Gasteiger partial charge in [0.25, 0.3) is 5.91 Å². The number of carbonyl (C=O) groups excluding carboxylic acids is 1. The molecule has 1 heterocycles. The van der Waals surface area contributed by atoms with Gasteiger partial charge in [0.05, 0.1) is 10.5 Å². The molecule has 28 heavy (non-hydrogen) atoms. The number of hydrogen-bond donors (Lipinski definition) is 0. The Morgan fingerprint density at radius 2 is 1.57 bits per heavy atom. The Kier molecular flexibility index (Phi) is 5.83. The Bertz CT molecular complexity index is 970. The van der Waals surface area contributed by atoms with Crippen molar-refractivity contribution in [2.45, 2.75) is 11.1 Å². The SMILES string of the molecule is O=C(c1ccc(C(F)(F)F)cc1)N1CCN(S(=O)(=O)c2cccc(Br)c2)CC1. The summed E-state index contributed by atoms with van der Waals surface area (Å²) in [7, 11) is -3.68. The van der Waals surface area contributed by atoms with Gasteiger partial charge in [-0.15, -0.1) is 0 Å². The van der Waals surface area contributed by atoms with E-state index in [-0.39, 0.29) is 36.6 Å². The number of hydrogen-bond acceptors (Lipinski definition) is 3. The number of nitrogens with zero attached hydrogens (tertiary/aromatic N) is 2. The molecule has 0 N–H and O–H groups in total. The summed E-state index contributed by atoms with van der Waals surface area (Å²) < 4.78 is 65.3. The molecule has 150 valence electrons. The van der Waals surface area contributed by atoms with Crippen LogP contribution in [-0.2, 0) is 16.2 Å². The second kappa shape index (κ2) is 7.84. The van der Waals surface area contributed by atoms with Crippen molar-refractivity contribution in [2.75, 3.05) is 26.2 Å². The van der Waals surface area contributed by atoms with E-state index in [0.717, 1.165) is 24.3 Å². The van der Waals surface area contributed by atoms with Crippen LogP contribution in [0.1, 0.15) is 15.9 Å². The Morgan fingerprint density at radius 1 is 0.964 bits per heavy atom. The molecule has 0 atom stereocenters. The molecule has 3 rings (SSSR count). The number of sulfonamides is 1. The van der Waals surface area contributed by atoms with Gasteiger partial charge in [0.15, 0.2) is 0 Å². The first-order valence-electron chi connectivity index (χ1n) is 8.31. The zero-order chi connectivity index (χ0) is 20.5. The monoisotopic (exact) mass is 476 g/mol. The quantitative estimate of drug-likeness (QED) is 0.679. The highest BCUT2D eigenvalue weighted by molar-refractivity contribution is 9.10. The van der Waals surface area contributed by atoms with Crippen molar-refractivity contribution in [2.24, 2.45) is 0 Å². The van der Waals surface area contributed by atoms with E-state index in [2.05, 4.69) is 15.9 Å². The lowest BCUT2D eigenvalue weighted by molar-refractivity contribution is -0.137. The minimum atomic E-state index is -4.46. The summed E-state index contributed by atoms with van der Waals surface area (Å²) in [4.78, 5) is 14.1. The van der Waals surface area contributed by atoms with Crippen molar-refractivity contribution in [3.8, 4) is 0 Å². The lowest BCUT2D eigenvalue weighted by atomic mass is 10.1. The molecule has 2 aromatic carbocycles. The van der Waals surface area contributed by atoms with Crippen LogP contribution in [0, 0.1) is 0 Å². The maximum Gasteiger partial charge on any atom is 0.416 e. The molecule has 1 aliphatic heterocycles. The molecule has 2 aromatic rings. The molecule has 1 saturated heterocycles. The molecule has 0 spiro atoms. The van der Waals surface area contributed by atoms with Crippen LogP contribution in [0.15, 0.2) is 57.9 Å². The molecule has 0 bridgehead atoms. The number of carbonyl (C=O) groups is 1. The molecular weight excluding hydrogens is 461 g/mol. The molecule has 1 amide bonds. The highest BCUT2D eigenvalue weighted by Gasteiger charge is 2.32. The first kappa shape index (κ1) is 20.8. The lowest BCUT2D eigenvalue weighted by Gasteiger charge is -2.34. The van der Waals surface area contributed by atoms with E-state index in [9.17, 15) is 26.4 Å². The molecular formula is C18H16BrF3N2O3S. The number of piperazine rings is 1. The van der Waals surface area contributed by atoms with Crippen LogP contribution in [0.25, 0.3) is 0 Å². The van der Waals surface area contributed by atoms with Gasteiger partial charge in [0.2, 0.25) is 10.0 Å². The fourth-order valence-electron chi connectivity index (χ4n) is 2.89. The van der Waals surface area contributed by atoms with Gasteiger partial charge in [-0.05, 0) is 42.5 Å². The minimum Gasteiger partial charge on any atom is -0.336 e. The third-order valence-corrected chi connectivity index (χ3v) is 6.81. The molecule has 1 fully saturated rings. The van der Waals surface area contributed by atoms with Crippen molar-refractivity contribution in [1.82, 2.24) is 9.21 Å². The highest BCUT2D eigenvalue weighted by Crippen LogP contribution is 2.29. The summed E-state index contributed by atoms with van der Waals surface area (Å²) in [6.45, 7) is 0.544. The van der Waals surface area contributed by atoms with Crippen LogP contribution in [0.3, 0.4) is 0 Å². The van der Waals surface area contributed by atoms with E-state index >= 15 is 0 Å². The Morgan fingerprint density at radius 3 is 2.11 bits per heavy atom. The van der Waals surface area contributed by atoms with Gasteiger partial charge in [-0.25, -0.2) is 8.42 Å². The molecule has 1 aliphatic rings. The number of benzene rings is 2. The van der Waals surface area contributed by atoms with E-state index in [1.54, 1.807) is 12.1 Å². The summed E-state index contributed by atoms with van der Waals surface area (Å²) in [5.74, 6) is -0.423. The molecule has 10 heteroatoms. The van der Waals surface area contributed by atoms with E-state index in [1.807, 2.05) is 0 Å². The summed E-state index contributed by atoms with van der Waals surface area (Å²) in [6.07, 6.45) is -4.46. The summed E-state index contributed by atoms with van der Waals surface area (Å²) >= 11 is 3.24. The minimum absolute atomic E-state index is 0.112. The van der Waals surface area contributed by atoms with Gasteiger partial charge in [0.1, 0.15) is 0 Å². The van der Waals surface area contributed by atoms with Gasteiger partial charge < -0.3 is 4.90 Å². The summed E-state index contributed by atoms with van der Waals surface area (Å²) in [5.41, 5.74) is -0.690. The number of alkyl halides is 3. The third-order valence-electron chi connectivity index (χ3n) is 4.42. The molecule has 0 aromatic heterocycles. The van der Waals surface area contributed by atoms with Crippen molar-refractivity contribution in [3.63, 3.8) is 0 Å². The third kappa shape index (κ3) is 4.39. The maximum atomic E-state index is 12.7. The lowest BCUT2D eigenvalue weighted by Crippen LogP contribution is -2.50. The first-order chi connectivity index (χ1) is 13.1. The number of halogens is 4. The van der Waals surface area contributed by atoms with Gasteiger partial charge in [0, 0.05) is 36.2 Å². The topological polar surface area (TPSA) is 57.7 Å². The predicted molar refractivity (Wildman–Crippen MR) is 100 cm³/mol. The number of rotatable bonds is 3. The smallest absolute Gasteiger partial charge is 0.336 e. The van der Waals surface area contributed by atoms with Crippen LogP contribution < -0.4 is 0 Å². The zero-order valence-corrected chi connectivity index (χ0v) is 16.9. The van der Waals surface area contributed by atoms with Gasteiger partial charge in [-0.3, -0.25) is 4.79 Å². The van der Waals surface area contributed by atoms with Crippen LogP contribution in [0.5, 0.6) is 0 Å². The van der Waals surface area contributed by atoms with Crippen LogP contribution in [0.4, 0.5) is 13.2 Å². The van der Waals surface area contributed by atoms with E-state index in [0.29, 0.717) is 4.47 Å². The van der Waals surface area contributed by atoms with E-state index < -0.39 is 27.7 Å². The zero-order valence-electron chi connectivity index (χ0n) is 14.5. The first-order valence-corrected chi connectivity index (χ1v) is 10.5. The van der Waals surface area contributed by atoms with Crippen molar-refractivity contribution >= 4 is 31.9 Å². The van der Waals surface area contributed by atoms with Crippen molar-refractivity contribution in [1.29, 1.82) is 0 Å². The van der Waals surface area contributed by atoms with Crippen molar-refractivity contribution < 1.29 is 26.4 Å². The molecule has 0 unspecified atom stereocenters. The van der Waals surface area contributed by atoms with Crippen LogP contribution in [-0.4, -0.2) is 49.7 Å². The second-order valence-electron chi connectivity index (χ2n) is 6.23. The van der Waals surface area contributed by atoms with E-state index in [1.165, 1.54) is 21.3 Å². The molecule has 0 radical (unpaired) electrons. The molecule has 5 nitrogen and oxygen atoms in total. The Labute approximate surface area is 168 Å². The summed E-state index contributed by atoms with van der Waals surface area (Å²) in [6, 6.07) is 10.4. The average Bonchev–Trinajstić information content (AvgIpc) is 2.67. The van der Waals surface area contributed by atoms with Crippen LogP contribution >= 0.6 is 15.9 Å². The second-order valence-corrected chi connectivity index (χ2v) is 9.08. The standard InChI is InChI=1S/C18H16BrF3N2O3S/c19-15-2-1-3-16(12-15)28(26,27)24-10-8-23(9-11-24)17(25)13-4-6-14(7-5-13)18(20,21)22/h1-7,12H,8-11H2. The van der Waals surface area contributed by atoms with Gasteiger partial charge >= 0.3 is 6.18 Å². The predicted octanol–water partition coefficient (Wildman–Crippen LogP) is 3.61.